The molecule has 3 rings (SSSR count). The average Bonchev–Trinajstić information content (AvgIpc) is 2.64. The first-order valence-electron chi connectivity index (χ1n) is 8.15. The number of nitrogens with one attached hydrogen (secondary N) is 1. The highest BCUT2D eigenvalue weighted by Crippen LogP contribution is 2.28. The maximum atomic E-state index is 12.8. The van der Waals surface area contributed by atoms with E-state index >= 15 is 0 Å². The third-order valence-electron chi connectivity index (χ3n) is 4.14. The van der Waals surface area contributed by atoms with E-state index in [0.717, 1.165) is 30.9 Å². The Morgan fingerprint density at radius 1 is 1.15 bits per heavy atom. The number of ether oxygens (including phenoxy) is 1. The molecule has 1 aliphatic heterocycles. The highest BCUT2D eigenvalue weighted by Gasteiger charge is 2.33. The smallest absolute Gasteiger partial charge is 0.379 e. The van der Waals surface area contributed by atoms with Crippen LogP contribution in [0.4, 0.5) is 19.1 Å². The zero-order valence-electron chi connectivity index (χ0n) is 13.8. The Morgan fingerprint density at radius 2 is 1.85 bits per heavy atom. The highest BCUT2D eigenvalue weighted by atomic mass is 35.5. The van der Waals surface area contributed by atoms with Gasteiger partial charge >= 0.3 is 6.18 Å². The number of nitrogens with zero attached hydrogens (tertiary/aromatic N) is 3. The summed E-state index contributed by atoms with van der Waals surface area (Å²) in [5, 5.41) is 3.56. The van der Waals surface area contributed by atoms with Crippen molar-refractivity contribution in [3.05, 3.63) is 52.8 Å². The number of aromatic nitrogens is 2. The molecule has 1 aromatic heterocycles. The molecule has 26 heavy (non-hydrogen) atoms. The number of anilines is 1. The predicted molar refractivity (Wildman–Crippen MR) is 92.1 cm³/mol. The predicted octanol–water partition coefficient (Wildman–Crippen LogP) is 3.63. The number of alkyl halides is 3. The fraction of sp³-hybridized carbons (Fsp3) is 0.412. The largest absolute Gasteiger partial charge is 0.433 e. The second kappa shape index (κ2) is 8.20. The lowest BCUT2D eigenvalue weighted by Crippen LogP contribution is -2.41. The van der Waals surface area contributed by atoms with Crippen LogP contribution in [-0.4, -0.2) is 47.7 Å². The summed E-state index contributed by atoms with van der Waals surface area (Å²) >= 11 is 5.96. The van der Waals surface area contributed by atoms with E-state index in [-0.39, 0.29) is 12.0 Å². The molecule has 5 nitrogen and oxygen atoms in total. The molecule has 1 aromatic carbocycles. The molecule has 2 aromatic rings. The van der Waals surface area contributed by atoms with E-state index in [1.54, 1.807) is 12.1 Å². The van der Waals surface area contributed by atoms with Crippen LogP contribution in [0.5, 0.6) is 0 Å². The number of hydrogen-bond donors (Lipinski definition) is 1. The van der Waals surface area contributed by atoms with Gasteiger partial charge < -0.3 is 10.1 Å². The van der Waals surface area contributed by atoms with E-state index in [1.165, 1.54) is 0 Å². The molecule has 9 heteroatoms. The number of morpholine rings is 1. The van der Waals surface area contributed by atoms with Crippen molar-refractivity contribution in [2.24, 2.45) is 0 Å². The van der Waals surface area contributed by atoms with E-state index in [1.807, 2.05) is 12.1 Å². The van der Waals surface area contributed by atoms with Gasteiger partial charge in [0.15, 0.2) is 0 Å². The number of benzene rings is 1. The first-order chi connectivity index (χ1) is 12.4. The molecule has 0 aliphatic carbocycles. The summed E-state index contributed by atoms with van der Waals surface area (Å²) < 4.78 is 43.8. The Balaban J connectivity index is 1.76. The fourth-order valence-corrected chi connectivity index (χ4v) is 2.95. The van der Waals surface area contributed by atoms with Crippen LogP contribution >= 0.6 is 11.6 Å². The van der Waals surface area contributed by atoms with Crippen molar-refractivity contribution in [2.75, 3.05) is 38.2 Å². The lowest BCUT2D eigenvalue weighted by molar-refractivity contribution is -0.141. The zero-order valence-corrected chi connectivity index (χ0v) is 14.6. The van der Waals surface area contributed by atoms with Crippen LogP contribution in [0.2, 0.25) is 5.02 Å². The van der Waals surface area contributed by atoms with E-state index in [9.17, 15) is 13.2 Å². The monoisotopic (exact) mass is 386 g/mol. The van der Waals surface area contributed by atoms with Crippen molar-refractivity contribution < 1.29 is 17.9 Å². The van der Waals surface area contributed by atoms with Crippen LogP contribution in [0.25, 0.3) is 0 Å². The maximum absolute atomic E-state index is 12.8. The Morgan fingerprint density at radius 3 is 2.50 bits per heavy atom. The Bertz CT molecular complexity index is 721. The molecule has 1 N–H and O–H groups in total. The van der Waals surface area contributed by atoms with Gasteiger partial charge in [0, 0.05) is 30.9 Å². The van der Waals surface area contributed by atoms with Crippen LogP contribution in [-0.2, 0) is 10.9 Å². The average molecular weight is 387 g/mol. The van der Waals surface area contributed by atoms with Crippen molar-refractivity contribution in [3.8, 4) is 0 Å². The van der Waals surface area contributed by atoms with Gasteiger partial charge in [-0.3, -0.25) is 4.90 Å². The van der Waals surface area contributed by atoms with Gasteiger partial charge in [0.2, 0.25) is 5.95 Å². The van der Waals surface area contributed by atoms with Crippen LogP contribution in [0.1, 0.15) is 17.3 Å². The van der Waals surface area contributed by atoms with Gasteiger partial charge in [-0.15, -0.1) is 0 Å². The van der Waals surface area contributed by atoms with E-state index in [0.29, 0.717) is 24.8 Å². The minimum absolute atomic E-state index is 0.0490. The first kappa shape index (κ1) is 18.9. The first-order valence-corrected chi connectivity index (χ1v) is 8.52. The summed E-state index contributed by atoms with van der Waals surface area (Å²) in [6.45, 7) is 3.06. The van der Waals surface area contributed by atoms with Crippen LogP contribution in [0.15, 0.2) is 36.5 Å². The SMILES string of the molecule is FC(F)(F)c1ccnc(NCC(c2ccc(Cl)cc2)N2CCOCC2)n1. The molecule has 140 valence electrons. The molecule has 1 aliphatic rings. The van der Waals surface area contributed by atoms with Gasteiger partial charge in [-0.2, -0.15) is 13.2 Å². The molecule has 1 unspecified atom stereocenters. The third kappa shape index (κ3) is 4.84. The van der Waals surface area contributed by atoms with Crippen molar-refractivity contribution in [2.45, 2.75) is 12.2 Å². The van der Waals surface area contributed by atoms with Gasteiger partial charge in [0.1, 0.15) is 5.69 Å². The standard InChI is InChI=1S/C17H18ClF3N4O/c18-13-3-1-12(2-4-13)14(25-7-9-26-10-8-25)11-23-16-22-6-5-15(24-16)17(19,20)21/h1-6,14H,7-11H2,(H,22,23,24). The molecular formula is C17H18ClF3N4O. The summed E-state index contributed by atoms with van der Waals surface area (Å²) in [5.74, 6) is -0.0490. The van der Waals surface area contributed by atoms with E-state index in [2.05, 4.69) is 20.2 Å². The lowest BCUT2D eigenvalue weighted by Gasteiger charge is -2.35. The normalized spacial score (nSPS) is 17.1. The molecular weight excluding hydrogens is 369 g/mol. The van der Waals surface area contributed by atoms with Crippen molar-refractivity contribution in [3.63, 3.8) is 0 Å². The Kier molecular flexibility index (Phi) is 5.95. The molecule has 1 saturated heterocycles. The minimum Gasteiger partial charge on any atom is -0.379 e. The molecule has 1 atom stereocenters. The topological polar surface area (TPSA) is 50.3 Å². The summed E-state index contributed by atoms with van der Waals surface area (Å²) in [5.41, 5.74) is 0.0418. The van der Waals surface area contributed by atoms with Crippen molar-refractivity contribution >= 4 is 17.5 Å². The second-order valence-corrected chi connectivity index (χ2v) is 6.30. The number of rotatable bonds is 5. The van der Waals surface area contributed by atoms with Crippen LogP contribution in [0, 0.1) is 0 Å². The summed E-state index contributed by atoms with van der Waals surface area (Å²) in [4.78, 5) is 9.66. The maximum Gasteiger partial charge on any atom is 0.433 e. The van der Waals surface area contributed by atoms with Gasteiger partial charge in [0.25, 0.3) is 0 Å². The van der Waals surface area contributed by atoms with Gasteiger partial charge in [-0.25, -0.2) is 9.97 Å². The molecule has 2 heterocycles. The van der Waals surface area contributed by atoms with Crippen LogP contribution < -0.4 is 5.32 Å². The summed E-state index contributed by atoms with van der Waals surface area (Å²) in [7, 11) is 0. The van der Waals surface area contributed by atoms with Gasteiger partial charge in [-0.1, -0.05) is 23.7 Å². The minimum atomic E-state index is -4.50. The number of halogens is 4. The third-order valence-corrected chi connectivity index (χ3v) is 4.39. The molecule has 0 spiro atoms. The van der Waals surface area contributed by atoms with Crippen molar-refractivity contribution in [1.29, 1.82) is 0 Å². The van der Waals surface area contributed by atoms with Crippen molar-refractivity contribution in [1.82, 2.24) is 14.9 Å². The molecule has 1 fully saturated rings. The Labute approximate surface area is 154 Å². The summed E-state index contributed by atoms with van der Waals surface area (Å²) in [6.07, 6.45) is -3.40. The van der Waals surface area contributed by atoms with Gasteiger partial charge in [-0.05, 0) is 23.8 Å². The number of hydrogen-bond acceptors (Lipinski definition) is 5. The molecule has 0 bridgehead atoms. The fourth-order valence-electron chi connectivity index (χ4n) is 2.82. The van der Waals surface area contributed by atoms with Crippen LogP contribution in [0.3, 0.4) is 0 Å². The zero-order chi connectivity index (χ0) is 18.6. The summed E-state index contributed by atoms with van der Waals surface area (Å²) in [6, 6.07) is 8.21. The quantitative estimate of drug-likeness (QED) is 0.850. The van der Waals surface area contributed by atoms with E-state index < -0.39 is 11.9 Å². The molecule has 0 amide bonds. The highest BCUT2D eigenvalue weighted by molar-refractivity contribution is 6.30. The second-order valence-electron chi connectivity index (χ2n) is 5.86. The lowest BCUT2D eigenvalue weighted by atomic mass is 10.0. The molecule has 0 saturated carbocycles. The van der Waals surface area contributed by atoms with E-state index in [4.69, 9.17) is 16.3 Å². The Hall–Kier alpha value is -1.90. The van der Waals surface area contributed by atoms with Gasteiger partial charge in [0.05, 0.1) is 19.3 Å². The molecule has 0 radical (unpaired) electrons.